The maximum absolute atomic E-state index is 12.5. The lowest BCUT2D eigenvalue weighted by atomic mass is 10.2. The normalized spacial score (nSPS) is 11.4. The van der Waals surface area contributed by atoms with E-state index in [2.05, 4.69) is 10.6 Å². The van der Waals surface area contributed by atoms with Gasteiger partial charge in [0, 0.05) is 5.69 Å². The van der Waals surface area contributed by atoms with E-state index >= 15 is 0 Å². The first-order valence-electron chi connectivity index (χ1n) is 8.54. The number of anilines is 1. The number of hydrogen-bond acceptors (Lipinski definition) is 4. The fraction of sp³-hybridized carbons (Fsp3) is 0.143. The van der Waals surface area contributed by atoms with Crippen LogP contribution in [0.3, 0.4) is 0 Å². The Morgan fingerprint density at radius 3 is 2.48 bits per heavy atom. The number of rotatable bonds is 7. The van der Waals surface area contributed by atoms with Crippen molar-refractivity contribution in [2.45, 2.75) is 13.0 Å². The van der Waals surface area contributed by atoms with Crippen LogP contribution in [0, 0.1) is 0 Å². The molecule has 3 rings (SSSR count). The maximum atomic E-state index is 12.5. The van der Waals surface area contributed by atoms with Crippen LogP contribution in [-0.2, 0) is 4.79 Å². The second-order valence-electron chi connectivity index (χ2n) is 5.91. The molecule has 0 saturated carbocycles. The summed E-state index contributed by atoms with van der Waals surface area (Å²) in [6.07, 6.45) is 1.55. The van der Waals surface area contributed by atoms with Gasteiger partial charge >= 0.3 is 0 Å². The Morgan fingerprint density at radius 1 is 1.00 bits per heavy atom. The van der Waals surface area contributed by atoms with Crippen LogP contribution in [-0.4, -0.2) is 18.4 Å². The molecule has 1 atom stereocenters. The third-order valence-corrected chi connectivity index (χ3v) is 3.87. The van der Waals surface area contributed by atoms with Crippen molar-refractivity contribution in [1.29, 1.82) is 0 Å². The first-order valence-corrected chi connectivity index (χ1v) is 8.54. The molecule has 6 heteroatoms. The zero-order valence-electron chi connectivity index (χ0n) is 14.8. The highest BCUT2D eigenvalue weighted by atomic mass is 16.5. The van der Waals surface area contributed by atoms with Crippen LogP contribution in [0.4, 0.5) is 5.69 Å². The fourth-order valence-electron chi connectivity index (χ4n) is 2.54. The van der Waals surface area contributed by atoms with E-state index < -0.39 is 0 Å². The zero-order valence-corrected chi connectivity index (χ0v) is 14.8. The number of nitrogens with one attached hydrogen (secondary N) is 2. The average Bonchev–Trinajstić information content (AvgIpc) is 3.22. The first-order chi connectivity index (χ1) is 13.1. The molecule has 0 aliphatic rings. The summed E-state index contributed by atoms with van der Waals surface area (Å²) in [4.78, 5) is 24.6. The second kappa shape index (κ2) is 8.71. The number of amides is 2. The summed E-state index contributed by atoms with van der Waals surface area (Å²) in [5, 5.41) is 5.59. The number of carbonyl (C=O) groups is 2. The van der Waals surface area contributed by atoms with Gasteiger partial charge in [0.1, 0.15) is 11.5 Å². The molecule has 2 amide bonds. The third kappa shape index (κ3) is 4.98. The number of ether oxygens (including phenoxy) is 1. The van der Waals surface area contributed by atoms with E-state index in [4.69, 9.17) is 9.15 Å². The number of carbonyl (C=O) groups excluding carboxylic acids is 2. The number of furan rings is 1. The molecule has 1 aromatic heterocycles. The monoisotopic (exact) mass is 364 g/mol. The van der Waals surface area contributed by atoms with Crippen LogP contribution in [0.15, 0.2) is 77.4 Å². The van der Waals surface area contributed by atoms with Gasteiger partial charge in [-0.2, -0.15) is 0 Å². The topological polar surface area (TPSA) is 80.6 Å². The summed E-state index contributed by atoms with van der Waals surface area (Å²) in [7, 11) is 0. The van der Waals surface area contributed by atoms with E-state index in [1.807, 2.05) is 25.1 Å². The molecule has 27 heavy (non-hydrogen) atoms. The lowest BCUT2D eigenvalue weighted by Crippen LogP contribution is -2.31. The summed E-state index contributed by atoms with van der Waals surface area (Å²) >= 11 is 0. The molecule has 2 N–H and O–H groups in total. The van der Waals surface area contributed by atoms with Crippen LogP contribution in [0.5, 0.6) is 5.75 Å². The predicted molar refractivity (Wildman–Crippen MR) is 102 cm³/mol. The molecule has 0 aliphatic carbocycles. The lowest BCUT2D eigenvalue weighted by molar-refractivity contribution is -0.123. The molecular formula is C21H20N2O4. The van der Waals surface area contributed by atoms with Crippen molar-refractivity contribution in [2.24, 2.45) is 0 Å². The van der Waals surface area contributed by atoms with Crippen LogP contribution in [0.2, 0.25) is 0 Å². The molecule has 0 aliphatic heterocycles. The standard InChI is InChI=1S/C21H20N2O4/c1-15(18-12-7-13-26-18)22-20(24)14-27-19-11-6-5-10-17(19)21(25)23-16-8-3-2-4-9-16/h2-13,15H,14H2,1H3,(H,22,24)(H,23,25)/t15-/m0/s1. The molecule has 138 valence electrons. The van der Waals surface area contributed by atoms with Crippen LogP contribution < -0.4 is 15.4 Å². The van der Waals surface area contributed by atoms with Gasteiger partial charge in [-0.3, -0.25) is 9.59 Å². The van der Waals surface area contributed by atoms with Gasteiger partial charge in [0.15, 0.2) is 6.61 Å². The van der Waals surface area contributed by atoms with Crippen LogP contribution in [0.25, 0.3) is 0 Å². The van der Waals surface area contributed by atoms with Gasteiger partial charge in [-0.25, -0.2) is 0 Å². The molecule has 6 nitrogen and oxygen atoms in total. The van der Waals surface area contributed by atoms with Crippen LogP contribution >= 0.6 is 0 Å². The van der Waals surface area contributed by atoms with Crippen molar-refractivity contribution in [3.8, 4) is 5.75 Å². The summed E-state index contributed by atoms with van der Waals surface area (Å²) in [5.74, 6) is 0.385. The molecule has 0 spiro atoms. The quantitative estimate of drug-likeness (QED) is 0.668. The number of benzene rings is 2. The molecule has 2 aromatic carbocycles. The van der Waals surface area contributed by atoms with E-state index in [1.54, 1.807) is 54.8 Å². The van der Waals surface area contributed by atoms with E-state index in [9.17, 15) is 9.59 Å². The lowest BCUT2D eigenvalue weighted by Gasteiger charge is -2.14. The van der Waals surface area contributed by atoms with Crippen LogP contribution in [0.1, 0.15) is 29.1 Å². The SMILES string of the molecule is C[C@H](NC(=O)COc1ccccc1C(=O)Nc1ccccc1)c1ccco1. The minimum atomic E-state index is -0.308. The molecule has 3 aromatic rings. The summed E-state index contributed by atoms with van der Waals surface area (Å²) in [6, 6.07) is 19.2. The molecule has 0 saturated heterocycles. The summed E-state index contributed by atoms with van der Waals surface area (Å²) in [6.45, 7) is 1.61. The van der Waals surface area contributed by atoms with E-state index in [1.165, 1.54) is 0 Å². The smallest absolute Gasteiger partial charge is 0.259 e. The predicted octanol–water partition coefficient (Wildman–Crippen LogP) is 3.79. The Kier molecular flexibility index (Phi) is 5.89. The molecule has 0 bridgehead atoms. The molecular weight excluding hydrogens is 344 g/mol. The first kappa shape index (κ1) is 18.3. The van der Waals surface area contributed by atoms with Crippen molar-refractivity contribution in [3.05, 3.63) is 84.3 Å². The van der Waals surface area contributed by atoms with Gasteiger partial charge in [0.25, 0.3) is 11.8 Å². The van der Waals surface area contributed by atoms with Gasteiger partial charge in [-0.15, -0.1) is 0 Å². The third-order valence-electron chi connectivity index (χ3n) is 3.87. The highest BCUT2D eigenvalue weighted by molar-refractivity contribution is 6.06. The maximum Gasteiger partial charge on any atom is 0.259 e. The number of para-hydroxylation sites is 2. The summed E-state index contributed by atoms with van der Waals surface area (Å²) in [5.41, 5.74) is 1.04. The minimum Gasteiger partial charge on any atom is -0.483 e. The Labute approximate surface area is 157 Å². The molecule has 1 heterocycles. The van der Waals surface area contributed by atoms with Crippen molar-refractivity contribution in [3.63, 3.8) is 0 Å². The van der Waals surface area contributed by atoms with E-state index in [0.29, 0.717) is 22.8 Å². The van der Waals surface area contributed by atoms with Gasteiger partial charge < -0.3 is 19.8 Å². The molecule has 0 fully saturated rings. The largest absolute Gasteiger partial charge is 0.483 e. The number of hydrogen-bond donors (Lipinski definition) is 2. The van der Waals surface area contributed by atoms with E-state index in [0.717, 1.165) is 0 Å². The average molecular weight is 364 g/mol. The molecule has 0 unspecified atom stereocenters. The minimum absolute atomic E-state index is 0.208. The molecule has 0 radical (unpaired) electrons. The van der Waals surface area contributed by atoms with Crippen molar-refractivity contribution < 1.29 is 18.7 Å². The fourth-order valence-corrected chi connectivity index (χ4v) is 2.54. The zero-order chi connectivity index (χ0) is 19.1. The Hall–Kier alpha value is -3.54. The second-order valence-corrected chi connectivity index (χ2v) is 5.91. The summed E-state index contributed by atoms with van der Waals surface area (Å²) < 4.78 is 10.8. The Balaban J connectivity index is 1.60. The van der Waals surface area contributed by atoms with Gasteiger partial charge in [-0.1, -0.05) is 30.3 Å². The van der Waals surface area contributed by atoms with Crippen molar-refractivity contribution >= 4 is 17.5 Å². The Bertz CT molecular complexity index is 892. The van der Waals surface area contributed by atoms with Gasteiger partial charge in [0.05, 0.1) is 17.9 Å². The highest BCUT2D eigenvalue weighted by Crippen LogP contribution is 2.20. The van der Waals surface area contributed by atoms with Crippen molar-refractivity contribution in [1.82, 2.24) is 5.32 Å². The van der Waals surface area contributed by atoms with Gasteiger partial charge in [-0.05, 0) is 43.3 Å². The Morgan fingerprint density at radius 2 is 1.74 bits per heavy atom. The van der Waals surface area contributed by atoms with Crippen molar-refractivity contribution in [2.75, 3.05) is 11.9 Å². The highest BCUT2D eigenvalue weighted by Gasteiger charge is 2.15. The van der Waals surface area contributed by atoms with E-state index in [-0.39, 0.29) is 24.5 Å². The van der Waals surface area contributed by atoms with Gasteiger partial charge in [0.2, 0.25) is 0 Å².